The third-order valence-corrected chi connectivity index (χ3v) is 4.14. The second-order valence-corrected chi connectivity index (χ2v) is 5.83. The Bertz CT molecular complexity index is 689. The van der Waals surface area contributed by atoms with Crippen molar-refractivity contribution in [2.75, 3.05) is 5.73 Å². The molecule has 0 amide bonds. The Morgan fingerprint density at radius 2 is 2.00 bits per heavy atom. The van der Waals surface area contributed by atoms with E-state index in [0.717, 1.165) is 17.4 Å². The van der Waals surface area contributed by atoms with E-state index in [0.29, 0.717) is 5.69 Å². The Morgan fingerprint density at radius 1 is 1.40 bits per heavy atom. The first-order valence-electron chi connectivity index (χ1n) is 5.94. The second-order valence-electron chi connectivity index (χ2n) is 4.83. The van der Waals surface area contributed by atoms with E-state index in [1.165, 1.54) is 6.92 Å². The van der Waals surface area contributed by atoms with Crippen LogP contribution in [0.25, 0.3) is 10.2 Å². The molecule has 2 aromatic heterocycles. The zero-order valence-electron chi connectivity index (χ0n) is 11.1. The number of pyridine rings is 1. The Labute approximate surface area is 117 Å². The molecule has 3 nitrogen and oxygen atoms in total. The summed E-state index contributed by atoms with van der Waals surface area (Å²) < 4.78 is 39.6. The van der Waals surface area contributed by atoms with Gasteiger partial charge < -0.3 is 5.73 Å². The van der Waals surface area contributed by atoms with Crippen LogP contribution in [0.4, 0.5) is 18.9 Å². The van der Waals surface area contributed by atoms with Gasteiger partial charge in [0.15, 0.2) is 5.78 Å². The quantitative estimate of drug-likeness (QED) is 0.845. The fourth-order valence-electron chi connectivity index (χ4n) is 1.92. The lowest BCUT2D eigenvalue weighted by Gasteiger charge is -2.12. The molecule has 0 saturated heterocycles. The smallest absolute Gasteiger partial charge is 0.397 e. The number of rotatable bonds is 2. The molecule has 2 N–H and O–H groups in total. The summed E-state index contributed by atoms with van der Waals surface area (Å²) in [6.07, 6.45) is -4.53. The largest absolute Gasteiger partial charge is 0.417 e. The van der Waals surface area contributed by atoms with Crippen molar-refractivity contribution in [2.45, 2.75) is 32.9 Å². The molecule has 0 radical (unpaired) electrons. The van der Waals surface area contributed by atoms with Crippen molar-refractivity contribution in [3.05, 3.63) is 22.2 Å². The zero-order chi connectivity index (χ0) is 15.2. The summed E-state index contributed by atoms with van der Waals surface area (Å²) in [6.45, 7) is 4.80. The molecule has 0 aliphatic rings. The number of alkyl halides is 3. The number of carbonyl (C=O) groups excluding carboxylic acids is 1. The molecule has 0 aromatic carbocycles. The monoisotopic (exact) mass is 302 g/mol. The van der Waals surface area contributed by atoms with E-state index < -0.39 is 11.7 Å². The summed E-state index contributed by atoms with van der Waals surface area (Å²) in [4.78, 5) is 15.9. The Kier molecular flexibility index (Phi) is 3.49. The maximum absolute atomic E-state index is 13.2. The van der Waals surface area contributed by atoms with Crippen molar-refractivity contribution in [2.24, 2.45) is 0 Å². The predicted octanol–water partition coefficient (Wildman–Crippen LogP) is 4.22. The Morgan fingerprint density at radius 3 is 2.45 bits per heavy atom. The summed E-state index contributed by atoms with van der Waals surface area (Å²) in [5.74, 6) is -0.505. The SMILES string of the molecule is CC(=O)c1sc2nc(C(C)C)cc(C(F)(F)F)c2c1N. The molecule has 0 fully saturated rings. The van der Waals surface area contributed by atoms with Crippen LogP contribution < -0.4 is 5.73 Å². The average Bonchev–Trinajstić information content (AvgIpc) is 2.64. The zero-order valence-corrected chi connectivity index (χ0v) is 11.9. The molecule has 2 heterocycles. The summed E-state index contributed by atoms with van der Waals surface area (Å²) in [7, 11) is 0. The van der Waals surface area contributed by atoms with Crippen molar-refractivity contribution in [3.63, 3.8) is 0 Å². The van der Waals surface area contributed by atoms with Gasteiger partial charge in [-0.25, -0.2) is 4.98 Å². The molecule has 2 aromatic rings. The van der Waals surface area contributed by atoms with Crippen LogP contribution in [0.1, 0.15) is 47.6 Å². The molecule has 108 valence electrons. The molecule has 0 spiro atoms. The number of hydrogen-bond acceptors (Lipinski definition) is 4. The average molecular weight is 302 g/mol. The molecule has 7 heteroatoms. The van der Waals surface area contributed by atoms with Crippen LogP contribution in [0.3, 0.4) is 0 Å². The van der Waals surface area contributed by atoms with Gasteiger partial charge in [0.05, 0.1) is 16.1 Å². The lowest BCUT2D eigenvalue weighted by atomic mass is 10.0. The van der Waals surface area contributed by atoms with Crippen molar-refractivity contribution >= 4 is 33.0 Å². The molecule has 0 saturated carbocycles. The molecular formula is C13H13F3N2OS. The van der Waals surface area contributed by atoms with Crippen molar-refractivity contribution in [1.82, 2.24) is 4.98 Å². The standard InChI is InChI=1S/C13H13F3N2OS/c1-5(2)8-4-7(13(14,15)16)9-10(17)11(6(3)19)20-12(9)18-8/h4-5H,17H2,1-3H3. The number of anilines is 1. The normalized spacial score (nSPS) is 12.3. The molecule has 0 aliphatic heterocycles. The number of thiophene rings is 1. The number of hydrogen-bond donors (Lipinski definition) is 1. The van der Waals surface area contributed by atoms with E-state index in [1.807, 2.05) is 0 Å². The van der Waals surface area contributed by atoms with Crippen LogP contribution >= 0.6 is 11.3 Å². The first-order chi connectivity index (χ1) is 9.12. The van der Waals surface area contributed by atoms with Crippen molar-refractivity contribution in [1.29, 1.82) is 0 Å². The number of nitrogens with zero attached hydrogens (tertiary/aromatic N) is 1. The number of Topliss-reactive ketones (excluding diaryl/α,β-unsaturated/α-hetero) is 1. The van der Waals surface area contributed by atoms with Gasteiger partial charge in [-0.3, -0.25) is 4.79 Å². The maximum atomic E-state index is 13.2. The van der Waals surface area contributed by atoms with Gasteiger partial charge in [-0.15, -0.1) is 11.3 Å². The fourth-order valence-corrected chi connectivity index (χ4v) is 2.94. The molecular weight excluding hydrogens is 289 g/mol. The van der Waals surface area contributed by atoms with Gasteiger partial charge in [0.25, 0.3) is 0 Å². The van der Waals surface area contributed by atoms with Gasteiger partial charge in [0.2, 0.25) is 0 Å². The van der Waals surface area contributed by atoms with E-state index in [9.17, 15) is 18.0 Å². The fraction of sp³-hybridized carbons (Fsp3) is 0.385. The predicted molar refractivity (Wildman–Crippen MR) is 73.1 cm³/mol. The highest BCUT2D eigenvalue weighted by Crippen LogP contribution is 2.42. The topological polar surface area (TPSA) is 56.0 Å². The molecule has 0 atom stereocenters. The molecule has 0 unspecified atom stereocenters. The number of ketones is 1. The minimum Gasteiger partial charge on any atom is -0.397 e. The van der Waals surface area contributed by atoms with E-state index in [2.05, 4.69) is 4.98 Å². The number of nitrogens with two attached hydrogens (primary N) is 1. The van der Waals surface area contributed by atoms with E-state index in [-0.39, 0.29) is 32.5 Å². The van der Waals surface area contributed by atoms with Crippen molar-refractivity contribution < 1.29 is 18.0 Å². The van der Waals surface area contributed by atoms with E-state index in [1.54, 1.807) is 13.8 Å². The van der Waals surface area contributed by atoms with Gasteiger partial charge in [-0.2, -0.15) is 13.2 Å². The third kappa shape index (κ3) is 2.37. The van der Waals surface area contributed by atoms with Crippen LogP contribution in [0.15, 0.2) is 6.07 Å². The van der Waals surface area contributed by atoms with E-state index >= 15 is 0 Å². The first-order valence-corrected chi connectivity index (χ1v) is 6.75. The van der Waals surface area contributed by atoms with Crippen molar-refractivity contribution in [3.8, 4) is 0 Å². The van der Waals surface area contributed by atoms with Gasteiger partial charge in [-0.1, -0.05) is 13.8 Å². The van der Waals surface area contributed by atoms with E-state index in [4.69, 9.17) is 5.73 Å². The first kappa shape index (κ1) is 14.8. The van der Waals surface area contributed by atoms with Gasteiger partial charge in [0, 0.05) is 18.0 Å². The molecule has 2 rings (SSSR count). The van der Waals surface area contributed by atoms with Gasteiger partial charge >= 0.3 is 6.18 Å². The highest BCUT2D eigenvalue weighted by molar-refractivity contribution is 7.21. The lowest BCUT2D eigenvalue weighted by molar-refractivity contribution is -0.136. The Hall–Kier alpha value is -1.63. The molecule has 0 bridgehead atoms. The highest BCUT2D eigenvalue weighted by atomic mass is 32.1. The third-order valence-electron chi connectivity index (χ3n) is 2.94. The van der Waals surface area contributed by atoms with Crippen LogP contribution in [-0.4, -0.2) is 10.8 Å². The summed E-state index contributed by atoms with van der Waals surface area (Å²) in [5.41, 5.74) is 5.09. The van der Waals surface area contributed by atoms with Crippen LogP contribution in [0, 0.1) is 0 Å². The summed E-state index contributed by atoms with van der Waals surface area (Å²) in [5, 5.41) is -0.169. The van der Waals surface area contributed by atoms with Crippen LogP contribution in [0.2, 0.25) is 0 Å². The maximum Gasteiger partial charge on any atom is 0.417 e. The number of nitrogen functional groups attached to an aromatic ring is 1. The minimum absolute atomic E-state index is 0.124. The number of fused-ring (bicyclic) bond motifs is 1. The lowest BCUT2D eigenvalue weighted by Crippen LogP contribution is -2.09. The second kappa shape index (κ2) is 4.73. The number of aromatic nitrogens is 1. The van der Waals surface area contributed by atoms with Gasteiger partial charge in [-0.05, 0) is 12.0 Å². The summed E-state index contributed by atoms with van der Waals surface area (Å²) in [6, 6.07) is 1.01. The molecule has 20 heavy (non-hydrogen) atoms. The summed E-state index contributed by atoms with van der Waals surface area (Å²) >= 11 is 0.908. The minimum atomic E-state index is -4.53. The molecule has 0 aliphatic carbocycles. The number of carbonyl (C=O) groups is 1. The van der Waals surface area contributed by atoms with Gasteiger partial charge in [0.1, 0.15) is 4.83 Å². The van der Waals surface area contributed by atoms with Crippen LogP contribution in [-0.2, 0) is 6.18 Å². The highest BCUT2D eigenvalue weighted by Gasteiger charge is 2.36. The van der Waals surface area contributed by atoms with Crippen LogP contribution in [0.5, 0.6) is 0 Å². The Balaban J connectivity index is 2.89. The number of halogens is 3.